The van der Waals surface area contributed by atoms with Gasteiger partial charge < -0.3 is 10.2 Å². The number of anilines is 1. The molecule has 1 atom stereocenters. The van der Waals surface area contributed by atoms with E-state index >= 15 is 0 Å². The van der Waals surface area contributed by atoms with Crippen LogP contribution in [0, 0.1) is 11.3 Å². The minimum Gasteiger partial charge on any atom is -0.355 e. The summed E-state index contributed by atoms with van der Waals surface area (Å²) in [6.07, 6.45) is 7.68. The SMILES string of the molecule is N#CC(C(=O)NC1CCCCC1)c1nc2ccccc2nc1N1CCCC1. The molecule has 1 saturated heterocycles. The van der Waals surface area contributed by atoms with Gasteiger partial charge in [-0.3, -0.25) is 4.79 Å². The van der Waals surface area contributed by atoms with Crippen molar-refractivity contribution in [2.24, 2.45) is 0 Å². The molecule has 1 amide bonds. The first-order valence-corrected chi connectivity index (χ1v) is 9.98. The lowest BCUT2D eigenvalue weighted by atomic mass is 9.94. The van der Waals surface area contributed by atoms with E-state index in [4.69, 9.17) is 9.97 Å². The molecule has 2 aromatic rings. The first-order chi connectivity index (χ1) is 13.3. The number of nitriles is 1. The molecule has 0 bridgehead atoms. The second-order valence-electron chi connectivity index (χ2n) is 7.52. The fraction of sp³-hybridized carbons (Fsp3) is 0.524. The number of carbonyl (C=O) groups is 1. The molecule has 1 unspecified atom stereocenters. The Morgan fingerprint density at radius 2 is 1.74 bits per heavy atom. The van der Waals surface area contributed by atoms with Gasteiger partial charge in [-0.05, 0) is 37.8 Å². The maximum atomic E-state index is 12.9. The molecule has 6 nitrogen and oxygen atoms in total. The predicted octanol–water partition coefficient (Wildman–Crippen LogP) is 3.29. The first-order valence-electron chi connectivity index (χ1n) is 9.98. The van der Waals surface area contributed by atoms with Gasteiger partial charge in [0, 0.05) is 19.1 Å². The van der Waals surface area contributed by atoms with Gasteiger partial charge >= 0.3 is 0 Å². The normalized spacial score (nSPS) is 19.0. The van der Waals surface area contributed by atoms with Gasteiger partial charge in [0.1, 0.15) is 5.69 Å². The average Bonchev–Trinajstić information content (AvgIpc) is 3.23. The van der Waals surface area contributed by atoms with Crippen molar-refractivity contribution in [2.45, 2.75) is 56.9 Å². The van der Waals surface area contributed by atoms with Crippen LogP contribution in [0.5, 0.6) is 0 Å². The van der Waals surface area contributed by atoms with E-state index in [1.807, 2.05) is 24.3 Å². The van der Waals surface area contributed by atoms with Crippen molar-refractivity contribution in [3.05, 3.63) is 30.0 Å². The highest BCUT2D eigenvalue weighted by Gasteiger charge is 2.31. The summed E-state index contributed by atoms with van der Waals surface area (Å²) >= 11 is 0. The predicted molar refractivity (Wildman–Crippen MR) is 104 cm³/mol. The van der Waals surface area contributed by atoms with Gasteiger partial charge in [0.05, 0.1) is 17.1 Å². The number of nitrogens with one attached hydrogen (secondary N) is 1. The molecule has 140 valence electrons. The molecule has 27 heavy (non-hydrogen) atoms. The molecule has 2 fully saturated rings. The van der Waals surface area contributed by atoms with Crippen molar-refractivity contribution in [3.63, 3.8) is 0 Å². The van der Waals surface area contributed by atoms with Crippen LogP contribution >= 0.6 is 0 Å². The average molecular weight is 363 g/mol. The molecule has 1 aliphatic carbocycles. The van der Waals surface area contributed by atoms with Gasteiger partial charge in [0.15, 0.2) is 11.7 Å². The lowest BCUT2D eigenvalue weighted by Gasteiger charge is -2.25. The number of rotatable bonds is 4. The van der Waals surface area contributed by atoms with Crippen LogP contribution in [0.1, 0.15) is 56.6 Å². The second kappa shape index (κ2) is 7.91. The number of hydrogen-bond acceptors (Lipinski definition) is 5. The Morgan fingerprint density at radius 1 is 1.07 bits per heavy atom. The highest BCUT2D eigenvalue weighted by Crippen LogP contribution is 2.30. The van der Waals surface area contributed by atoms with Gasteiger partial charge in [-0.15, -0.1) is 0 Å². The van der Waals surface area contributed by atoms with E-state index in [2.05, 4.69) is 16.3 Å². The third kappa shape index (κ3) is 3.73. The molecule has 1 N–H and O–H groups in total. The zero-order valence-corrected chi connectivity index (χ0v) is 15.5. The number of benzene rings is 1. The van der Waals surface area contributed by atoms with Crippen molar-refractivity contribution in [1.29, 1.82) is 5.26 Å². The highest BCUT2D eigenvalue weighted by molar-refractivity contribution is 5.89. The van der Waals surface area contributed by atoms with Gasteiger partial charge in [-0.1, -0.05) is 31.4 Å². The molecule has 1 aromatic carbocycles. The van der Waals surface area contributed by atoms with E-state index < -0.39 is 5.92 Å². The van der Waals surface area contributed by atoms with Crippen molar-refractivity contribution in [1.82, 2.24) is 15.3 Å². The zero-order valence-electron chi connectivity index (χ0n) is 15.5. The Morgan fingerprint density at radius 3 is 2.41 bits per heavy atom. The summed E-state index contributed by atoms with van der Waals surface area (Å²) in [5.41, 5.74) is 2.01. The Bertz CT molecular complexity index is 862. The maximum absolute atomic E-state index is 12.9. The molecule has 0 radical (unpaired) electrons. The number of amides is 1. The summed E-state index contributed by atoms with van der Waals surface area (Å²) < 4.78 is 0. The van der Waals surface area contributed by atoms with E-state index in [1.54, 1.807) is 0 Å². The fourth-order valence-electron chi connectivity index (χ4n) is 4.14. The van der Waals surface area contributed by atoms with E-state index in [0.717, 1.165) is 62.6 Å². The Balaban J connectivity index is 1.69. The lowest BCUT2D eigenvalue weighted by Crippen LogP contribution is -2.39. The number of nitrogens with zero attached hydrogens (tertiary/aromatic N) is 4. The number of para-hydroxylation sites is 2. The fourth-order valence-corrected chi connectivity index (χ4v) is 4.14. The molecule has 2 heterocycles. The van der Waals surface area contributed by atoms with Gasteiger partial charge in [-0.25, -0.2) is 9.97 Å². The van der Waals surface area contributed by atoms with Crippen molar-refractivity contribution in [3.8, 4) is 6.07 Å². The van der Waals surface area contributed by atoms with E-state index in [0.29, 0.717) is 11.5 Å². The summed E-state index contributed by atoms with van der Waals surface area (Å²) in [4.78, 5) is 24.6. The number of aromatic nitrogens is 2. The van der Waals surface area contributed by atoms with Crippen LogP contribution in [0.15, 0.2) is 24.3 Å². The summed E-state index contributed by atoms with van der Waals surface area (Å²) in [5.74, 6) is -0.481. The second-order valence-corrected chi connectivity index (χ2v) is 7.52. The van der Waals surface area contributed by atoms with E-state index in [-0.39, 0.29) is 11.9 Å². The number of fused-ring (bicyclic) bond motifs is 1. The molecule has 6 heteroatoms. The minimum absolute atomic E-state index is 0.172. The third-order valence-corrected chi connectivity index (χ3v) is 5.60. The van der Waals surface area contributed by atoms with Crippen LogP contribution in [-0.2, 0) is 4.79 Å². The first kappa shape index (κ1) is 17.7. The monoisotopic (exact) mass is 363 g/mol. The molecule has 1 aliphatic heterocycles. The Hall–Kier alpha value is -2.68. The van der Waals surface area contributed by atoms with Crippen LogP contribution in [0.25, 0.3) is 11.0 Å². The molecule has 0 spiro atoms. The lowest BCUT2D eigenvalue weighted by molar-refractivity contribution is -0.122. The van der Waals surface area contributed by atoms with Crippen LogP contribution in [0.3, 0.4) is 0 Å². The highest BCUT2D eigenvalue weighted by atomic mass is 16.2. The quantitative estimate of drug-likeness (QED) is 0.901. The Kier molecular flexibility index (Phi) is 5.19. The summed E-state index contributed by atoms with van der Waals surface area (Å²) in [6, 6.07) is 10.0. The van der Waals surface area contributed by atoms with Crippen LogP contribution in [-0.4, -0.2) is 35.0 Å². The topological polar surface area (TPSA) is 81.9 Å². The standard InChI is InChI=1S/C21H25N5O/c22-14-16(21(27)23-15-8-2-1-3-9-15)19-20(26-12-6-7-13-26)25-18-11-5-4-10-17(18)24-19/h4-5,10-11,15-16H,1-3,6-9,12-13H2,(H,23,27). The maximum Gasteiger partial charge on any atom is 0.243 e. The van der Waals surface area contributed by atoms with Gasteiger partial charge in [0.25, 0.3) is 0 Å². The smallest absolute Gasteiger partial charge is 0.243 e. The summed E-state index contributed by atoms with van der Waals surface area (Å²) in [7, 11) is 0. The molecule has 4 rings (SSSR count). The number of hydrogen-bond donors (Lipinski definition) is 1. The largest absolute Gasteiger partial charge is 0.355 e. The van der Waals surface area contributed by atoms with E-state index in [9.17, 15) is 10.1 Å². The zero-order chi connectivity index (χ0) is 18.6. The van der Waals surface area contributed by atoms with Crippen LogP contribution in [0.4, 0.5) is 5.82 Å². The Labute approximate surface area is 159 Å². The minimum atomic E-state index is -0.931. The summed E-state index contributed by atoms with van der Waals surface area (Å²) in [6.45, 7) is 1.78. The third-order valence-electron chi connectivity index (χ3n) is 5.60. The van der Waals surface area contributed by atoms with Crippen molar-refractivity contribution in [2.75, 3.05) is 18.0 Å². The van der Waals surface area contributed by atoms with Crippen LogP contribution < -0.4 is 10.2 Å². The summed E-state index contributed by atoms with van der Waals surface area (Å²) in [5, 5.41) is 12.9. The number of carbonyl (C=O) groups excluding carboxylic acids is 1. The van der Waals surface area contributed by atoms with Crippen molar-refractivity contribution < 1.29 is 4.79 Å². The molecular formula is C21H25N5O. The van der Waals surface area contributed by atoms with Crippen molar-refractivity contribution >= 4 is 22.8 Å². The molecule has 2 aliphatic rings. The molecular weight excluding hydrogens is 338 g/mol. The van der Waals surface area contributed by atoms with E-state index in [1.165, 1.54) is 6.42 Å². The molecule has 1 aromatic heterocycles. The molecule has 1 saturated carbocycles. The van der Waals surface area contributed by atoms with Gasteiger partial charge in [0.2, 0.25) is 5.91 Å². The van der Waals surface area contributed by atoms with Crippen LogP contribution in [0.2, 0.25) is 0 Å². The van der Waals surface area contributed by atoms with Gasteiger partial charge in [-0.2, -0.15) is 5.26 Å².